The SMILES string of the molecule is NCCCC(N)C(CCN)CCCN. The van der Waals surface area contributed by atoms with Crippen molar-refractivity contribution in [3.8, 4) is 0 Å². The summed E-state index contributed by atoms with van der Waals surface area (Å²) in [6.45, 7) is 2.18. The molecule has 0 aromatic carbocycles. The van der Waals surface area contributed by atoms with Crippen LogP contribution in [0.1, 0.15) is 32.1 Å². The molecule has 4 nitrogen and oxygen atoms in total. The first kappa shape index (κ1) is 13.8. The van der Waals surface area contributed by atoms with Crippen LogP contribution >= 0.6 is 0 Å². The summed E-state index contributed by atoms with van der Waals surface area (Å²) in [6, 6.07) is 0.244. The Morgan fingerprint density at radius 3 is 1.79 bits per heavy atom. The van der Waals surface area contributed by atoms with Crippen LogP contribution in [0.5, 0.6) is 0 Å². The van der Waals surface area contributed by atoms with Crippen LogP contribution in [0.15, 0.2) is 0 Å². The fourth-order valence-corrected chi connectivity index (χ4v) is 1.76. The van der Waals surface area contributed by atoms with E-state index >= 15 is 0 Å². The average molecular weight is 202 g/mol. The van der Waals surface area contributed by atoms with E-state index in [0.29, 0.717) is 12.5 Å². The Morgan fingerprint density at radius 1 is 0.714 bits per heavy atom. The highest BCUT2D eigenvalue weighted by atomic mass is 14.7. The minimum atomic E-state index is 0.244. The molecule has 0 aliphatic heterocycles. The molecule has 0 bridgehead atoms. The predicted molar refractivity (Wildman–Crippen MR) is 61.7 cm³/mol. The zero-order valence-corrected chi connectivity index (χ0v) is 9.12. The number of nitrogens with two attached hydrogens (primary N) is 4. The van der Waals surface area contributed by atoms with Crippen LogP contribution in [-0.2, 0) is 0 Å². The van der Waals surface area contributed by atoms with Crippen LogP contribution in [0.4, 0.5) is 0 Å². The zero-order chi connectivity index (χ0) is 10.8. The maximum atomic E-state index is 6.08. The second-order valence-corrected chi connectivity index (χ2v) is 3.86. The van der Waals surface area contributed by atoms with Crippen molar-refractivity contribution in [2.24, 2.45) is 28.9 Å². The van der Waals surface area contributed by atoms with Gasteiger partial charge in [0.15, 0.2) is 0 Å². The molecule has 86 valence electrons. The second-order valence-electron chi connectivity index (χ2n) is 3.86. The van der Waals surface area contributed by atoms with E-state index in [0.717, 1.165) is 45.2 Å². The molecular weight excluding hydrogens is 176 g/mol. The van der Waals surface area contributed by atoms with Gasteiger partial charge in [-0.15, -0.1) is 0 Å². The summed E-state index contributed by atoms with van der Waals surface area (Å²) in [5.74, 6) is 0.523. The van der Waals surface area contributed by atoms with Gasteiger partial charge in [0.05, 0.1) is 0 Å². The topological polar surface area (TPSA) is 104 Å². The van der Waals surface area contributed by atoms with Gasteiger partial charge in [0.25, 0.3) is 0 Å². The second kappa shape index (κ2) is 9.40. The molecule has 0 amide bonds. The van der Waals surface area contributed by atoms with Gasteiger partial charge >= 0.3 is 0 Å². The Morgan fingerprint density at radius 2 is 1.29 bits per heavy atom. The first-order chi connectivity index (χ1) is 6.76. The molecule has 0 aliphatic rings. The van der Waals surface area contributed by atoms with Gasteiger partial charge in [0.2, 0.25) is 0 Å². The van der Waals surface area contributed by atoms with E-state index in [9.17, 15) is 0 Å². The first-order valence-corrected chi connectivity index (χ1v) is 5.62. The fraction of sp³-hybridized carbons (Fsp3) is 1.00. The molecule has 14 heavy (non-hydrogen) atoms. The summed E-state index contributed by atoms with van der Waals surface area (Å²) in [6.07, 6.45) is 5.16. The van der Waals surface area contributed by atoms with Crippen molar-refractivity contribution in [1.29, 1.82) is 0 Å². The van der Waals surface area contributed by atoms with Gasteiger partial charge < -0.3 is 22.9 Å². The first-order valence-electron chi connectivity index (χ1n) is 5.62. The Labute approximate surface area is 87.4 Å². The molecule has 8 N–H and O–H groups in total. The lowest BCUT2D eigenvalue weighted by molar-refractivity contribution is 0.347. The van der Waals surface area contributed by atoms with Gasteiger partial charge in [-0.1, -0.05) is 0 Å². The van der Waals surface area contributed by atoms with Gasteiger partial charge in [0, 0.05) is 6.04 Å². The van der Waals surface area contributed by atoms with E-state index in [2.05, 4.69) is 0 Å². The van der Waals surface area contributed by atoms with Crippen molar-refractivity contribution in [3.63, 3.8) is 0 Å². The van der Waals surface area contributed by atoms with Gasteiger partial charge in [-0.2, -0.15) is 0 Å². The summed E-state index contributed by atoms with van der Waals surface area (Å²) in [5, 5.41) is 0. The molecule has 2 unspecified atom stereocenters. The lowest BCUT2D eigenvalue weighted by atomic mass is 9.89. The van der Waals surface area contributed by atoms with E-state index in [1.165, 1.54) is 0 Å². The van der Waals surface area contributed by atoms with Gasteiger partial charge in [-0.25, -0.2) is 0 Å². The average Bonchev–Trinajstić information content (AvgIpc) is 2.20. The highest BCUT2D eigenvalue weighted by Crippen LogP contribution is 2.16. The molecule has 0 fully saturated rings. The zero-order valence-electron chi connectivity index (χ0n) is 9.12. The van der Waals surface area contributed by atoms with E-state index < -0.39 is 0 Å². The van der Waals surface area contributed by atoms with Crippen LogP contribution in [-0.4, -0.2) is 25.7 Å². The maximum Gasteiger partial charge on any atom is 0.00681 e. The van der Waals surface area contributed by atoms with Crippen molar-refractivity contribution >= 4 is 0 Å². The van der Waals surface area contributed by atoms with Crippen molar-refractivity contribution in [1.82, 2.24) is 0 Å². The largest absolute Gasteiger partial charge is 0.330 e. The summed E-state index contributed by atoms with van der Waals surface area (Å²) in [7, 11) is 0. The summed E-state index contributed by atoms with van der Waals surface area (Å²) >= 11 is 0. The van der Waals surface area contributed by atoms with Gasteiger partial charge in [0.1, 0.15) is 0 Å². The van der Waals surface area contributed by atoms with E-state index in [-0.39, 0.29) is 6.04 Å². The lowest BCUT2D eigenvalue weighted by Crippen LogP contribution is -2.32. The Hall–Kier alpha value is -0.160. The number of rotatable bonds is 9. The molecule has 0 heterocycles. The highest BCUT2D eigenvalue weighted by Gasteiger charge is 2.15. The molecule has 0 aromatic rings. The third-order valence-corrected chi connectivity index (χ3v) is 2.66. The fourth-order valence-electron chi connectivity index (χ4n) is 1.76. The lowest BCUT2D eigenvalue weighted by Gasteiger charge is -2.23. The summed E-state index contributed by atoms with van der Waals surface area (Å²) in [5.41, 5.74) is 22.6. The van der Waals surface area contributed by atoms with E-state index in [1.807, 2.05) is 0 Å². The van der Waals surface area contributed by atoms with Gasteiger partial charge in [-0.3, -0.25) is 0 Å². The third-order valence-electron chi connectivity index (χ3n) is 2.66. The standard InChI is InChI=1S/C10H26N4/c11-6-1-3-9(5-8-13)10(14)4-2-7-12/h9-10H,1-8,11-14H2. The van der Waals surface area contributed by atoms with Crippen molar-refractivity contribution in [2.45, 2.75) is 38.1 Å². The normalized spacial score (nSPS) is 15.4. The van der Waals surface area contributed by atoms with Crippen molar-refractivity contribution in [2.75, 3.05) is 19.6 Å². The molecule has 2 atom stereocenters. The maximum absolute atomic E-state index is 6.08. The van der Waals surface area contributed by atoms with Crippen LogP contribution in [0.25, 0.3) is 0 Å². The van der Waals surface area contributed by atoms with Gasteiger partial charge in [-0.05, 0) is 57.7 Å². The smallest absolute Gasteiger partial charge is 0.00681 e. The van der Waals surface area contributed by atoms with Crippen LogP contribution < -0.4 is 22.9 Å². The predicted octanol–water partition coefficient (Wildman–Crippen LogP) is -0.243. The Balaban J connectivity index is 3.77. The molecule has 0 radical (unpaired) electrons. The minimum absolute atomic E-state index is 0.244. The number of hydrogen-bond acceptors (Lipinski definition) is 4. The van der Waals surface area contributed by atoms with E-state index in [1.54, 1.807) is 0 Å². The summed E-state index contributed by atoms with van der Waals surface area (Å²) in [4.78, 5) is 0. The van der Waals surface area contributed by atoms with Crippen LogP contribution in [0.2, 0.25) is 0 Å². The van der Waals surface area contributed by atoms with Crippen molar-refractivity contribution in [3.05, 3.63) is 0 Å². The molecule has 0 rings (SSSR count). The molecule has 0 spiro atoms. The molecule has 0 aromatic heterocycles. The highest BCUT2D eigenvalue weighted by molar-refractivity contribution is 4.73. The summed E-state index contributed by atoms with van der Waals surface area (Å²) < 4.78 is 0. The molecule has 4 heteroatoms. The Bertz CT molecular complexity index is 119. The quantitative estimate of drug-likeness (QED) is 0.414. The van der Waals surface area contributed by atoms with Crippen molar-refractivity contribution < 1.29 is 0 Å². The van der Waals surface area contributed by atoms with Crippen LogP contribution in [0, 0.1) is 5.92 Å². The van der Waals surface area contributed by atoms with Crippen LogP contribution in [0.3, 0.4) is 0 Å². The molecular formula is C10H26N4. The third kappa shape index (κ3) is 6.32. The Kier molecular flexibility index (Phi) is 9.29. The number of hydrogen-bond donors (Lipinski definition) is 4. The monoisotopic (exact) mass is 202 g/mol. The molecule has 0 saturated carbocycles. The minimum Gasteiger partial charge on any atom is -0.330 e. The van der Waals surface area contributed by atoms with E-state index in [4.69, 9.17) is 22.9 Å². The molecule has 0 aliphatic carbocycles. The molecule has 0 saturated heterocycles.